The Hall–Kier alpha value is -1.80. The Bertz CT molecular complexity index is 705. The number of halogens is 5. The van der Waals surface area contributed by atoms with Crippen molar-refractivity contribution in [1.82, 2.24) is 4.98 Å². The summed E-state index contributed by atoms with van der Waals surface area (Å²) in [4.78, 5) is 3.59. The number of aromatic hydroxyl groups is 1. The molecule has 0 atom stereocenters. The Balaban J connectivity index is 2.10. The minimum Gasteiger partial charge on any atom is -0.506 e. The number of nitrogens with one attached hydrogen (secondary N) is 1. The van der Waals surface area contributed by atoms with E-state index >= 15 is 0 Å². The molecule has 0 spiro atoms. The topological polar surface area (TPSA) is 57.5 Å². The Labute approximate surface area is 136 Å². The van der Waals surface area contributed by atoms with E-state index in [0.717, 1.165) is 12.1 Å². The second kappa shape index (κ2) is 6.53. The van der Waals surface area contributed by atoms with Crippen molar-refractivity contribution in [2.24, 2.45) is 5.10 Å². The molecule has 2 rings (SSSR count). The molecule has 0 amide bonds. The van der Waals surface area contributed by atoms with Crippen LogP contribution in [-0.4, -0.2) is 16.3 Å². The molecule has 1 heterocycles. The Morgan fingerprint density at radius 3 is 2.64 bits per heavy atom. The van der Waals surface area contributed by atoms with Gasteiger partial charge in [0, 0.05) is 16.2 Å². The lowest BCUT2D eigenvalue weighted by molar-refractivity contribution is -0.137. The van der Waals surface area contributed by atoms with Crippen molar-refractivity contribution in [3.63, 3.8) is 0 Å². The third kappa shape index (κ3) is 4.11. The minimum atomic E-state index is -4.44. The fourth-order valence-corrected chi connectivity index (χ4v) is 2.31. The number of nitrogens with zero attached hydrogens (tertiary/aromatic N) is 2. The van der Waals surface area contributed by atoms with E-state index in [1.54, 1.807) is 6.07 Å². The molecule has 0 saturated carbocycles. The highest BCUT2D eigenvalue weighted by Crippen LogP contribution is 2.30. The monoisotopic (exact) mass is 393 g/mol. The zero-order valence-corrected chi connectivity index (χ0v) is 13.0. The van der Waals surface area contributed by atoms with Crippen LogP contribution in [-0.2, 0) is 6.18 Å². The molecule has 1 aromatic carbocycles. The van der Waals surface area contributed by atoms with Crippen LogP contribution in [0, 0.1) is 0 Å². The van der Waals surface area contributed by atoms with Gasteiger partial charge in [0.2, 0.25) is 0 Å². The number of hydrogen-bond donors (Lipinski definition) is 2. The van der Waals surface area contributed by atoms with Crippen molar-refractivity contribution in [3.8, 4) is 5.75 Å². The average Bonchev–Trinajstić information content (AvgIpc) is 2.43. The van der Waals surface area contributed by atoms with Crippen LogP contribution in [0.2, 0.25) is 5.02 Å². The molecular weight excluding hydrogens is 387 g/mol. The first kappa shape index (κ1) is 16.6. The maximum Gasteiger partial charge on any atom is 0.417 e. The third-order valence-corrected chi connectivity index (χ3v) is 3.28. The van der Waals surface area contributed by atoms with Gasteiger partial charge in [-0.1, -0.05) is 27.5 Å². The standard InChI is InChI=1S/C13H8BrClF3N3O/c14-9-3-7(12(22)10(15)4-9)5-20-21-11-2-1-8(6-19-11)13(16,17)18/h1-6,22H,(H,19,21)/b20-5+. The summed E-state index contributed by atoms with van der Waals surface area (Å²) < 4.78 is 37.8. The first-order chi connectivity index (χ1) is 10.3. The lowest BCUT2D eigenvalue weighted by Crippen LogP contribution is -2.05. The van der Waals surface area contributed by atoms with Crippen LogP contribution < -0.4 is 5.43 Å². The Kier molecular flexibility index (Phi) is 4.92. The van der Waals surface area contributed by atoms with Gasteiger partial charge in [0.25, 0.3) is 0 Å². The molecule has 0 bridgehead atoms. The fourth-order valence-electron chi connectivity index (χ4n) is 1.48. The Morgan fingerprint density at radius 1 is 1.32 bits per heavy atom. The van der Waals surface area contributed by atoms with Gasteiger partial charge in [0.15, 0.2) is 0 Å². The van der Waals surface area contributed by atoms with Crippen LogP contribution in [0.15, 0.2) is 40.0 Å². The van der Waals surface area contributed by atoms with E-state index in [1.165, 1.54) is 12.3 Å². The number of anilines is 1. The van der Waals surface area contributed by atoms with Gasteiger partial charge in [-0.05, 0) is 24.3 Å². The maximum atomic E-state index is 12.4. The first-order valence-electron chi connectivity index (χ1n) is 5.77. The van der Waals surface area contributed by atoms with E-state index in [9.17, 15) is 18.3 Å². The highest BCUT2D eigenvalue weighted by Gasteiger charge is 2.30. The lowest BCUT2D eigenvalue weighted by atomic mass is 10.2. The van der Waals surface area contributed by atoms with Crippen LogP contribution in [0.1, 0.15) is 11.1 Å². The highest BCUT2D eigenvalue weighted by atomic mass is 79.9. The summed E-state index contributed by atoms with van der Waals surface area (Å²) in [6.07, 6.45) is -2.47. The van der Waals surface area contributed by atoms with Gasteiger partial charge >= 0.3 is 6.18 Å². The SMILES string of the molecule is Oc1c(Cl)cc(Br)cc1/C=N/Nc1ccc(C(F)(F)F)cn1. The van der Waals surface area contributed by atoms with Crippen molar-refractivity contribution in [2.75, 3.05) is 5.43 Å². The molecule has 0 unspecified atom stereocenters. The number of aromatic nitrogens is 1. The van der Waals surface area contributed by atoms with E-state index in [2.05, 4.69) is 31.4 Å². The molecular formula is C13H8BrClF3N3O. The zero-order valence-electron chi connectivity index (χ0n) is 10.7. The van der Waals surface area contributed by atoms with Crippen molar-refractivity contribution in [3.05, 3.63) is 51.1 Å². The zero-order chi connectivity index (χ0) is 16.3. The van der Waals surface area contributed by atoms with Crippen LogP contribution in [0.25, 0.3) is 0 Å². The molecule has 1 aromatic heterocycles. The predicted molar refractivity (Wildman–Crippen MR) is 81.3 cm³/mol. The maximum absolute atomic E-state index is 12.4. The van der Waals surface area contributed by atoms with Crippen molar-refractivity contribution in [1.29, 1.82) is 0 Å². The Morgan fingerprint density at radius 2 is 2.05 bits per heavy atom. The molecule has 0 aliphatic rings. The number of alkyl halides is 3. The van der Waals surface area contributed by atoms with E-state index in [0.29, 0.717) is 16.2 Å². The summed E-state index contributed by atoms with van der Waals surface area (Å²) in [6, 6.07) is 5.12. The number of hydrazone groups is 1. The van der Waals surface area contributed by atoms with Crippen LogP contribution in [0.5, 0.6) is 5.75 Å². The smallest absolute Gasteiger partial charge is 0.417 e. The van der Waals surface area contributed by atoms with E-state index in [-0.39, 0.29) is 16.6 Å². The van der Waals surface area contributed by atoms with Crippen LogP contribution >= 0.6 is 27.5 Å². The fraction of sp³-hybridized carbons (Fsp3) is 0.0769. The van der Waals surface area contributed by atoms with Crippen molar-refractivity contribution < 1.29 is 18.3 Å². The molecule has 0 aliphatic heterocycles. The van der Waals surface area contributed by atoms with Gasteiger partial charge in [-0.25, -0.2) is 4.98 Å². The minimum absolute atomic E-state index is 0.129. The van der Waals surface area contributed by atoms with Gasteiger partial charge in [0.05, 0.1) is 16.8 Å². The van der Waals surface area contributed by atoms with Gasteiger partial charge in [0.1, 0.15) is 11.6 Å². The second-order valence-corrected chi connectivity index (χ2v) is 5.45. The largest absolute Gasteiger partial charge is 0.506 e. The molecule has 2 aromatic rings. The van der Waals surface area contributed by atoms with Crippen LogP contribution in [0.3, 0.4) is 0 Å². The summed E-state index contributed by atoms with van der Waals surface area (Å²) in [5, 5.41) is 13.7. The molecule has 0 aliphatic carbocycles. The van der Waals surface area contributed by atoms with Crippen molar-refractivity contribution in [2.45, 2.75) is 6.18 Å². The molecule has 4 nitrogen and oxygen atoms in total. The number of phenolic OH excluding ortho intramolecular Hbond substituents is 1. The summed E-state index contributed by atoms with van der Waals surface area (Å²) in [7, 11) is 0. The number of rotatable bonds is 3. The summed E-state index contributed by atoms with van der Waals surface area (Å²) >= 11 is 9.01. The van der Waals surface area contributed by atoms with Crippen molar-refractivity contribution >= 4 is 39.6 Å². The quantitative estimate of drug-likeness (QED) is 0.588. The molecule has 2 N–H and O–H groups in total. The average molecular weight is 395 g/mol. The lowest BCUT2D eigenvalue weighted by Gasteiger charge is -2.06. The molecule has 9 heteroatoms. The van der Waals surface area contributed by atoms with Gasteiger partial charge in [-0.15, -0.1) is 0 Å². The van der Waals surface area contributed by atoms with E-state index in [1.807, 2.05) is 0 Å². The van der Waals surface area contributed by atoms with Gasteiger partial charge in [-0.3, -0.25) is 5.43 Å². The number of hydrogen-bond acceptors (Lipinski definition) is 4. The van der Waals surface area contributed by atoms with E-state index < -0.39 is 11.7 Å². The highest BCUT2D eigenvalue weighted by molar-refractivity contribution is 9.10. The van der Waals surface area contributed by atoms with Gasteiger partial charge < -0.3 is 5.11 Å². The van der Waals surface area contributed by atoms with E-state index in [4.69, 9.17) is 11.6 Å². The number of pyridine rings is 1. The summed E-state index contributed by atoms with van der Waals surface area (Å²) in [5.41, 5.74) is 1.94. The third-order valence-electron chi connectivity index (χ3n) is 2.53. The molecule has 0 fully saturated rings. The normalized spacial score (nSPS) is 11.9. The number of benzene rings is 1. The van der Waals surface area contributed by atoms with Gasteiger partial charge in [-0.2, -0.15) is 18.3 Å². The number of phenols is 1. The summed E-state index contributed by atoms with van der Waals surface area (Å²) in [5.74, 6) is -0.0272. The summed E-state index contributed by atoms with van der Waals surface area (Å²) in [6.45, 7) is 0. The molecule has 22 heavy (non-hydrogen) atoms. The first-order valence-corrected chi connectivity index (χ1v) is 6.95. The molecule has 116 valence electrons. The molecule has 0 radical (unpaired) electrons. The second-order valence-electron chi connectivity index (χ2n) is 4.13. The molecule has 0 saturated heterocycles. The van der Waals surface area contributed by atoms with Crippen LogP contribution in [0.4, 0.5) is 19.0 Å². The predicted octanol–water partition coefficient (Wildman–Crippen LogP) is 4.67.